The number of halogens is 3. The standard InChI is InChI=1S/C31H27F3N6O2/c32-31(33,34)23-8-11-28(39-16-13-35-14-17-39)27(18-23)38-30(41)26-12-15-40-29(37-26)25(19-36-40)22-6-9-24(10-7-22)42-20-21-4-2-1-3-5-21/h1-12,15,18-19,35H,13-14,16-17,20H2,(H,38,41). The van der Waals surface area contributed by atoms with E-state index in [-0.39, 0.29) is 11.4 Å². The van der Waals surface area contributed by atoms with Crippen LogP contribution < -0.4 is 20.3 Å². The van der Waals surface area contributed by atoms with Gasteiger partial charge in [0.25, 0.3) is 5.91 Å². The molecule has 2 N–H and O–H groups in total. The summed E-state index contributed by atoms with van der Waals surface area (Å²) in [6.45, 7) is 3.04. The number of fused-ring (bicyclic) bond motifs is 1. The summed E-state index contributed by atoms with van der Waals surface area (Å²) in [5.74, 6) is 0.0819. The molecule has 0 aliphatic carbocycles. The molecule has 5 aromatic rings. The fraction of sp³-hybridized carbons (Fsp3) is 0.194. The van der Waals surface area contributed by atoms with Gasteiger partial charge in [-0.15, -0.1) is 0 Å². The maximum atomic E-state index is 13.5. The zero-order valence-corrected chi connectivity index (χ0v) is 22.4. The Kier molecular flexibility index (Phi) is 7.49. The van der Waals surface area contributed by atoms with Crippen molar-refractivity contribution in [2.75, 3.05) is 36.4 Å². The molecule has 0 atom stereocenters. The van der Waals surface area contributed by atoms with Gasteiger partial charge in [0.05, 0.1) is 23.1 Å². The van der Waals surface area contributed by atoms with Crippen molar-refractivity contribution >= 4 is 22.9 Å². The number of benzene rings is 3. The number of hydrogen-bond donors (Lipinski definition) is 2. The molecular weight excluding hydrogens is 545 g/mol. The minimum absolute atomic E-state index is 0.0516. The quantitative estimate of drug-likeness (QED) is 0.262. The second-order valence-electron chi connectivity index (χ2n) is 9.86. The summed E-state index contributed by atoms with van der Waals surface area (Å²) < 4.78 is 48.0. The molecule has 2 aromatic heterocycles. The smallest absolute Gasteiger partial charge is 0.416 e. The second-order valence-corrected chi connectivity index (χ2v) is 9.86. The summed E-state index contributed by atoms with van der Waals surface area (Å²) in [5, 5.41) is 10.2. The van der Waals surface area contributed by atoms with Crippen LogP contribution in [0, 0.1) is 0 Å². The highest BCUT2D eigenvalue weighted by Crippen LogP contribution is 2.36. The Hall–Kier alpha value is -4.90. The Balaban J connectivity index is 1.24. The van der Waals surface area contributed by atoms with Gasteiger partial charge in [-0.05, 0) is 47.5 Å². The number of amides is 1. The number of anilines is 2. The van der Waals surface area contributed by atoms with Crippen LogP contribution in [0.1, 0.15) is 21.6 Å². The lowest BCUT2D eigenvalue weighted by molar-refractivity contribution is -0.137. The van der Waals surface area contributed by atoms with Gasteiger partial charge in [-0.1, -0.05) is 42.5 Å². The van der Waals surface area contributed by atoms with Gasteiger partial charge >= 0.3 is 6.18 Å². The van der Waals surface area contributed by atoms with E-state index in [2.05, 4.69) is 20.7 Å². The largest absolute Gasteiger partial charge is 0.489 e. The molecular formula is C31H27F3N6O2. The molecule has 1 aliphatic heterocycles. The summed E-state index contributed by atoms with van der Waals surface area (Å²) in [6.07, 6.45) is -1.30. The van der Waals surface area contributed by atoms with Crippen LogP contribution in [-0.2, 0) is 12.8 Å². The Bertz CT molecular complexity index is 1700. The monoisotopic (exact) mass is 572 g/mol. The van der Waals surface area contributed by atoms with Crippen LogP contribution in [0.2, 0.25) is 0 Å². The molecule has 1 amide bonds. The highest BCUT2D eigenvalue weighted by molar-refractivity contribution is 6.05. The third-order valence-electron chi connectivity index (χ3n) is 7.05. The second kappa shape index (κ2) is 11.5. The predicted octanol–water partition coefficient (Wildman–Crippen LogP) is 5.66. The molecule has 8 nitrogen and oxygen atoms in total. The van der Waals surface area contributed by atoms with Crippen molar-refractivity contribution in [3.8, 4) is 16.9 Å². The minimum atomic E-state index is -4.55. The fourth-order valence-electron chi connectivity index (χ4n) is 4.85. The number of carbonyl (C=O) groups excluding carboxylic acids is 1. The molecule has 0 bridgehead atoms. The summed E-state index contributed by atoms with van der Waals surface area (Å²) in [5.41, 5.74) is 2.83. The zero-order chi connectivity index (χ0) is 29.1. The molecule has 1 fully saturated rings. The summed E-state index contributed by atoms with van der Waals surface area (Å²) in [4.78, 5) is 19.8. The van der Waals surface area contributed by atoms with Gasteiger partial charge in [-0.3, -0.25) is 4.79 Å². The predicted molar refractivity (Wildman–Crippen MR) is 154 cm³/mol. The van der Waals surface area contributed by atoms with Crippen molar-refractivity contribution in [3.05, 3.63) is 108 Å². The van der Waals surface area contributed by atoms with Gasteiger partial charge in [0.1, 0.15) is 18.1 Å². The number of rotatable bonds is 7. The average molecular weight is 573 g/mol. The Morgan fingerprint density at radius 3 is 2.48 bits per heavy atom. The summed E-state index contributed by atoms with van der Waals surface area (Å²) >= 11 is 0. The van der Waals surface area contributed by atoms with E-state index in [0.717, 1.165) is 23.3 Å². The Morgan fingerprint density at radius 1 is 0.976 bits per heavy atom. The zero-order valence-electron chi connectivity index (χ0n) is 22.4. The number of nitrogens with one attached hydrogen (secondary N) is 2. The highest BCUT2D eigenvalue weighted by Gasteiger charge is 2.32. The molecule has 6 rings (SSSR count). The van der Waals surface area contributed by atoms with Crippen LogP contribution in [0.25, 0.3) is 16.8 Å². The van der Waals surface area contributed by atoms with Gasteiger partial charge in [0, 0.05) is 37.9 Å². The molecule has 3 aromatic carbocycles. The van der Waals surface area contributed by atoms with E-state index < -0.39 is 17.6 Å². The van der Waals surface area contributed by atoms with Crippen LogP contribution in [-0.4, -0.2) is 46.7 Å². The third-order valence-corrected chi connectivity index (χ3v) is 7.05. The van der Waals surface area contributed by atoms with E-state index in [1.807, 2.05) is 59.5 Å². The van der Waals surface area contributed by atoms with E-state index in [1.54, 1.807) is 16.9 Å². The Morgan fingerprint density at radius 2 is 1.74 bits per heavy atom. The van der Waals surface area contributed by atoms with Crippen molar-refractivity contribution < 1.29 is 22.7 Å². The van der Waals surface area contributed by atoms with Crippen molar-refractivity contribution in [2.45, 2.75) is 12.8 Å². The fourth-order valence-corrected chi connectivity index (χ4v) is 4.85. The average Bonchev–Trinajstić information content (AvgIpc) is 3.44. The van der Waals surface area contributed by atoms with Crippen molar-refractivity contribution in [2.24, 2.45) is 0 Å². The molecule has 0 radical (unpaired) electrons. The van der Waals surface area contributed by atoms with Crippen LogP contribution in [0.15, 0.2) is 91.3 Å². The van der Waals surface area contributed by atoms with Crippen molar-refractivity contribution in [1.29, 1.82) is 0 Å². The molecule has 0 spiro atoms. The van der Waals surface area contributed by atoms with Gasteiger partial charge in [-0.2, -0.15) is 18.3 Å². The first-order valence-corrected chi connectivity index (χ1v) is 13.4. The molecule has 11 heteroatoms. The summed E-state index contributed by atoms with van der Waals surface area (Å²) in [7, 11) is 0. The number of alkyl halides is 3. The summed E-state index contributed by atoms with van der Waals surface area (Å²) in [6, 6.07) is 22.2. The van der Waals surface area contributed by atoms with Gasteiger partial charge in [0.2, 0.25) is 0 Å². The maximum absolute atomic E-state index is 13.5. The lowest BCUT2D eigenvalue weighted by atomic mass is 10.1. The molecule has 0 unspecified atom stereocenters. The van der Waals surface area contributed by atoms with Crippen LogP contribution in [0.4, 0.5) is 24.5 Å². The first-order chi connectivity index (χ1) is 20.3. The highest BCUT2D eigenvalue weighted by atomic mass is 19.4. The van der Waals surface area contributed by atoms with Crippen molar-refractivity contribution in [3.63, 3.8) is 0 Å². The van der Waals surface area contributed by atoms with E-state index in [1.165, 1.54) is 12.1 Å². The number of piperazine rings is 1. The number of aromatic nitrogens is 3. The third kappa shape index (κ3) is 5.91. The van der Waals surface area contributed by atoms with Gasteiger partial charge in [0.15, 0.2) is 5.65 Å². The Labute approximate surface area is 239 Å². The molecule has 1 saturated heterocycles. The topological polar surface area (TPSA) is 83.8 Å². The number of hydrogen-bond acceptors (Lipinski definition) is 6. The lowest BCUT2D eigenvalue weighted by Gasteiger charge is -2.31. The van der Waals surface area contributed by atoms with E-state index in [4.69, 9.17) is 4.74 Å². The molecule has 0 saturated carbocycles. The number of nitrogens with zero attached hydrogens (tertiary/aromatic N) is 4. The van der Waals surface area contributed by atoms with E-state index in [0.29, 0.717) is 55.4 Å². The van der Waals surface area contributed by atoms with Crippen LogP contribution >= 0.6 is 0 Å². The molecule has 3 heterocycles. The lowest BCUT2D eigenvalue weighted by Crippen LogP contribution is -2.43. The van der Waals surface area contributed by atoms with Gasteiger partial charge in [-0.25, -0.2) is 9.50 Å². The van der Waals surface area contributed by atoms with Gasteiger partial charge < -0.3 is 20.3 Å². The van der Waals surface area contributed by atoms with Crippen LogP contribution in [0.3, 0.4) is 0 Å². The molecule has 214 valence electrons. The van der Waals surface area contributed by atoms with Crippen molar-refractivity contribution in [1.82, 2.24) is 19.9 Å². The van der Waals surface area contributed by atoms with E-state index in [9.17, 15) is 18.0 Å². The van der Waals surface area contributed by atoms with E-state index >= 15 is 0 Å². The first-order valence-electron chi connectivity index (χ1n) is 13.4. The first kappa shape index (κ1) is 27.3. The minimum Gasteiger partial charge on any atom is -0.489 e. The molecule has 1 aliphatic rings. The number of carbonyl (C=O) groups is 1. The molecule has 42 heavy (non-hydrogen) atoms. The number of ether oxygens (including phenoxy) is 1. The SMILES string of the molecule is O=C(Nc1cc(C(F)(F)F)ccc1N1CCNCC1)c1ccn2ncc(-c3ccc(OCc4ccccc4)cc3)c2n1. The maximum Gasteiger partial charge on any atom is 0.416 e. The van der Waals surface area contributed by atoms with Crippen LogP contribution in [0.5, 0.6) is 5.75 Å². The normalized spacial score (nSPS) is 13.7.